The summed E-state index contributed by atoms with van der Waals surface area (Å²) in [6.45, 7) is 10.4. The van der Waals surface area contributed by atoms with E-state index in [1.54, 1.807) is 12.1 Å². The van der Waals surface area contributed by atoms with Crippen LogP contribution in [-0.2, 0) is 11.1 Å². The number of hydrogen-bond acceptors (Lipinski definition) is 3. The maximum absolute atomic E-state index is 11.1. The van der Waals surface area contributed by atoms with Crippen molar-refractivity contribution in [2.24, 2.45) is 0 Å². The van der Waals surface area contributed by atoms with Gasteiger partial charge in [-0.05, 0) is 45.9 Å². The Labute approximate surface area is 136 Å². The lowest BCUT2D eigenvalue weighted by atomic mass is 10.2. The first-order valence-corrected chi connectivity index (χ1v) is 9.31. The Morgan fingerprint density at radius 2 is 1.83 bits per heavy atom. The molecule has 0 bridgehead atoms. The molecule has 0 amide bonds. The van der Waals surface area contributed by atoms with Gasteiger partial charge < -0.3 is 9.09 Å². The van der Waals surface area contributed by atoms with Gasteiger partial charge in [0.25, 0.3) is 0 Å². The van der Waals surface area contributed by atoms with Crippen molar-refractivity contribution < 1.29 is 18.9 Å². The third-order valence-corrected chi connectivity index (χ3v) is 4.35. The average molecular weight is 340 g/mol. The topological polar surface area (TPSA) is 74.9 Å². The number of benzene rings is 1. The van der Waals surface area contributed by atoms with Crippen molar-refractivity contribution in [3.63, 3.8) is 0 Å². The molecule has 0 aliphatic heterocycles. The summed E-state index contributed by atoms with van der Waals surface area (Å²) in [5.74, 6) is 0.208. The first kappa shape index (κ1) is 18.0. The normalized spacial score (nSPS) is 12.7. The van der Waals surface area contributed by atoms with Crippen LogP contribution in [-0.4, -0.2) is 37.9 Å². The van der Waals surface area contributed by atoms with E-state index in [-0.39, 0.29) is 5.75 Å². The second-order valence-corrected chi connectivity index (χ2v) is 7.37. The smallest absolute Gasteiger partial charge is 0.404 e. The lowest BCUT2D eigenvalue weighted by Gasteiger charge is -2.30. The maximum atomic E-state index is 11.1. The molecule has 2 rings (SSSR count). The van der Waals surface area contributed by atoms with Crippen LogP contribution in [0, 0.1) is 0 Å². The fraction of sp³-hybridized carbons (Fsp3) is 0.500. The van der Waals surface area contributed by atoms with Crippen molar-refractivity contribution >= 4 is 18.7 Å². The van der Waals surface area contributed by atoms with Gasteiger partial charge >= 0.3 is 7.82 Å². The monoisotopic (exact) mass is 340 g/mol. The van der Waals surface area contributed by atoms with Gasteiger partial charge in [0.15, 0.2) is 0 Å². The van der Waals surface area contributed by atoms with Crippen LogP contribution in [0.3, 0.4) is 0 Å². The number of nitrogens with zero attached hydrogens (tertiary/aromatic N) is 2. The molecule has 0 fully saturated rings. The van der Waals surface area contributed by atoms with Crippen molar-refractivity contribution in [2.75, 3.05) is 6.54 Å². The average Bonchev–Trinajstić information content (AvgIpc) is 2.81. The number of rotatable bonds is 7. The molecule has 1 heterocycles. The quantitative estimate of drug-likeness (QED) is 0.757. The summed E-state index contributed by atoms with van der Waals surface area (Å²) in [5.41, 5.74) is 0.906. The van der Waals surface area contributed by atoms with Gasteiger partial charge in [0, 0.05) is 36.8 Å². The molecule has 2 N–H and O–H groups in total. The highest BCUT2D eigenvalue weighted by Gasteiger charge is 2.19. The number of fused-ring (bicyclic) bond motifs is 1. The van der Waals surface area contributed by atoms with Crippen LogP contribution in [0.25, 0.3) is 10.9 Å². The molecule has 23 heavy (non-hydrogen) atoms. The van der Waals surface area contributed by atoms with Crippen LogP contribution >= 0.6 is 7.82 Å². The first-order chi connectivity index (χ1) is 10.7. The fourth-order valence-corrected chi connectivity index (χ4v) is 3.35. The van der Waals surface area contributed by atoms with Gasteiger partial charge in [-0.25, -0.2) is 4.57 Å². The second-order valence-electron chi connectivity index (χ2n) is 6.21. The molecule has 7 heteroatoms. The summed E-state index contributed by atoms with van der Waals surface area (Å²) in [6.07, 6.45) is 1.93. The van der Waals surface area contributed by atoms with E-state index in [9.17, 15) is 4.57 Å². The molecule has 0 atom stereocenters. The van der Waals surface area contributed by atoms with Crippen LogP contribution in [0.2, 0.25) is 0 Å². The molecule has 0 spiro atoms. The molecule has 0 saturated carbocycles. The van der Waals surface area contributed by atoms with Gasteiger partial charge in [0.05, 0.1) is 5.52 Å². The molecule has 0 radical (unpaired) electrons. The molecular formula is C16H25N2O4P. The minimum Gasteiger partial charge on any atom is -0.404 e. The first-order valence-electron chi connectivity index (χ1n) is 7.78. The molecule has 0 aliphatic carbocycles. The van der Waals surface area contributed by atoms with Gasteiger partial charge in [0.1, 0.15) is 5.75 Å². The molecule has 6 nitrogen and oxygen atoms in total. The molecule has 2 aromatic rings. The molecule has 0 unspecified atom stereocenters. The minimum atomic E-state index is -4.56. The van der Waals surface area contributed by atoms with Crippen molar-refractivity contribution in [1.29, 1.82) is 0 Å². The van der Waals surface area contributed by atoms with Crippen molar-refractivity contribution in [3.05, 3.63) is 30.5 Å². The Morgan fingerprint density at radius 1 is 1.17 bits per heavy atom. The summed E-state index contributed by atoms with van der Waals surface area (Å²) >= 11 is 0. The zero-order valence-corrected chi connectivity index (χ0v) is 14.9. The molecule has 1 aromatic heterocycles. The summed E-state index contributed by atoms with van der Waals surface area (Å²) in [5, 5.41) is 0.705. The molecule has 0 aliphatic rings. The van der Waals surface area contributed by atoms with Crippen molar-refractivity contribution in [1.82, 2.24) is 9.47 Å². The maximum Gasteiger partial charge on any atom is 0.524 e. The second kappa shape index (κ2) is 7.05. The Morgan fingerprint density at radius 3 is 2.39 bits per heavy atom. The zero-order valence-electron chi connectivity index (χ0n) is 14.0. The Hall–Kier alpha value is -1.33. The number of phosphoric ester groups is 1. The number of aromatic nitrogens is 1. The molecule has 0 saturated heterocycles. The summed E-state index contributed by atoms with van der Waals surface area (Å²) in [7, 11) is -4.56. The van der Waals surface area contributed by atoms with E-state index in [0.29, 0.717) is 17.5 Å². The SMILES string of the molecule is CC(C)N(CCn1ccc2c(OP(=O)(O)O)cccc21)C(C)C. The van der Waals surface area contributed by atoms with Gasteiger partial charge in [-0.2, -0.15) is 0 Å². The van der Waals surface area contributed by atoms with Gasteiger partial charge in [-0.15, -0.1) is 0 Å². The van der Waals surface area contributed by atoms with Crippen LogP contribution < -0.4 is 4.52 Å². The fourth-order valence-electron chi connectivity index (χ4n) is 2.93. The minimum absolute atomic E-state index is 0.208. The Bertz CT molecular complexity index is 697. The predicted octanol–water partition coefficient (Wildman–Crippen LogP) is 3.23. The van der Waals surface area contributed by atoms with Gasteiger partial charge in [-0.3, -0.25) is 14.7 Å². The van der Waals surface area contributed by atoms with E-state index in [4.69, 9.17) is 14.3 Å². The highest BCUT2D eigenvalue weighted by atomic mass is 31.2. The Kier molecular flexibility index (Phi) is 5.53. The van der Waals surface area contributed by atoms with Gasteiger partial charge in [0.2, 0.25) is 0 Å². The summed E-state index contributed by atoms with van der Waals surface area (Å²) < 4.78 is 17.9. The summed E-state index contributed by atoms with van der Waals surface area (Å²) in [6, 6.07) is 8.00. The van der Waals surface area contributed by atoms with Crippen LogP contribution in [0.5, 0.6) is 5.75 Å². The van der Waals surface area contributed by atoms with E-state index in [0.717, 1.165) is 18.6 Å². The van der Waals surface area contributed by atoms with Crippen molar-refractivity contribution in [2.45, 2.75) is 46.3 Å². The molecular weight excluding hydrogens is 315 g/mol. The molecule has 128 valence electrons. The highest BCUT2D eigenvalue weighted by Crippen LogP contribution is 2.40. The Balaban J connectivity index is 2.23. The van der Waals surface area contributed by atoms with Crippen molar-refractivity contribution in [3.8, 4) is 5.75 Å². The highest BCUT2D eigenvalue weighted by molar-refractivity contribution is 7.46. The van der Waals surface area contributed by atoms with E-state index in [1.807, 2.05) is 18.3 Å². The molecule has 1 aromatic carbocycles. The predicted molar refractivity (Wildman–Crippen MR) is 91.6 cm³/mol. The lowest BCUT2D eigenvalue weighted by Crippen LogP contribution is -2.39. The van der Waals surface area contributed by atoms with E-state index in [1.165, 1.54) is 0 Å². The number of phosphoric acid groups is 1. The lowest BCUT2D eigenvalue weighted by molar-refractivity contribution is 0.169. The van der Waals surface area contributed by atoms with E-state index in [2.05, 4.69) is 37.2 Å². The van der Waals surface area contributed by atoms with E-state index < -0.39 is 7.82 Å². The van der Waals surface area contributed by atoms with Gasteiger partial charge in [-0.1, -0.05) is 6.07 Å². The van der Waals surface area contributed by atoms with Crippen LogP contribution in [0.4, 0.5) is 0 Å². The van der Waals surface area contributed by atoms with Crippen LogP contribution in [0.1, 0.15) is 27.7 Å². The third kappa shape index (κ3) is 4.58. The zero-order chi connectivity index (χ0) is 17.2. The van der Waals surface area contributed by atoms with Crippen LogP contribution in [0.15, 0.2) is 30.5 Å². The van der Waals surface area contributed by atoms with E-state index >= 15 is 0 Å². The number of hydrogen-bond donors (Lipinski definition) is 2. The standard InChI is InChI=1S/C16H25N2O4P/c1-12(2)18(13(3)4)11-10-17-9-8-14-15(17)6-5-7-16(14)22-23(19,20)21/h5-9,12-13H,10-11H2,1-4H3,(H2,19,20,21). The largest absolute Gasteiger partial charge is 0.524 e. The third-order valence-electron chi connectivity index (χ3n) is 3.92. The summed E-state index contributed by atoms with van der Waals surface area (Å²) in [4.78, 5) is 20.4.